The number of hydrogen-bond acceptors (Lipinski definition) is 5. The molecule has 1 N–H and O–H groups in total. The van der Waals surface area contributed by atoms with E-state index in [1.807, 2.05) is 37.1 Å². The summed E-state index contributed by atoms with van der Waals surface area (Å²) in [5.41, 5.74) is 2.47. The van der Waals surface area contributed by atoms with Crippen LogP contribution in [0.2, 0.25) is 0 Å². The first kappa shape index (κ1) is 20.1. The summed E-state index contributed by atoms with van der Waals surface area (Å²) in [5.74, 6) is -0.00119. The van der Waals surface area contributed by atoms with Gasteiger partial charge in [0.15, 0.2) is 0 Å². The monoisotopic (exact) mass is 398 g/mol. The molecule has 0 unspecified atom stereocenters. The van der Waals surface area contributed by atoms with Gasteiger partial charge < -0.3 is 24.2 Å². The van der Waals surface area contributed by atoms with Crippen LogP contribution in [0.25, 0.3) is 0 Å². The molecule has 1 aromatic carbocycles. The molecule has 1 aromatic heterocycles. The molecule has 0 saturated carbocycles. The largest absolute Gasteiger partial charge is 0.393 e. The molecular formula is C22H30N4O3. The highest BCUT2D eigenvalue weighted by Gasteiger charge is 2.39. The van der Waals surface area contributed by atoms with Crippen LogP contribution >= 0.6 is 0 Å². The van der Waals surface area contributed by atoms with Crippen molar-refractivity contribution in [3.63, 3.8) is 0 Å². The van der Waals surface area contributed by atoms with E-state index in [1.165, 1.54) is 0 Å². The molecule has 0 radical (unpaired) electrons. The Morgan fingerprint density at radius 2 is 1.93 bits per heavy atom. The number of imidazole rings is 1. The van der Waals surface area contributed by atoms with Gasteiger partial charge in [-0.2, -0.15) is 0 Å². The van der Waals surface area contributed by atoms with Crippen LogP contribution in [0.1, 0.15) is 40.6 Å². The summed E-state index contributed by atoms with van der Waals surface area (Å²) in [4.78, 5) is 22.1. The molecule has 4 rings (SSSR count). The first-order chi connectivity index (χ1) is 14.0. The van der Waals surface area contributed by atoms with Gasteiger partial charge >= 0.3 is 0 Å². The lowest BCUT2D eigenvalue weighted by molar-refractivity contribution is -0.0772. The minimum Gasteiger partial charge on any atom is -0.393 e. The van der Waals surface area contributed by atoms with Crippen LogP contribution in [0.3, 0.4) is 0 Å². The SMILES string of the molecule is Cc1ncn(C)c1C(=O)N1CCO[C@@H](CN2CCC(O)CC2)[C@@H]1c1ccccc1. The maximum absolute atomic E-state index is 13.5. The number of likely N-dealkylation sites (tertiary alicyclic amines) is 1. The number of morpholine rings is 1. The summed E-state index contributed by atoms with van der Waals surface area (Å²) < 4.78 is 8.01. The molecule has 156 valence electrons. The minimum absolute atomic E-state index is 0.00119. The number of nitrogens with zero attached hydrogens (tertiary/aromatic N) is 4. The van der Waals surface area contributed by atoms with Gasteiger partial charge in [0, 0.05) is 33.2 Å². The smallest absolute Gasteiger partial charge is 0.273 e. The van der Waals surface area contributed by atoms with Crippen molar-refractivity contribution in [1.29, 1.82) is 0 Å². The maximum Gasteiger partial charge on any atom is 0.273 e. The highest BCUT2D eigenvalue weighted by atomic mass is 16.5. The molecule has 2 aliphatic heterocycles. The number of amides is 1. The van der Waals surface area contributed by atoms with Gasteiger partial charge in [-0.25, -0.2) is 4.98 Å². The molecule has 2 aliphatic rings. The average molecular weight is 399 g/mol. The standard InChI is InChI=1S/C22H30N4O3/c1-16-20(24(2)15-23-16)22(28)26-12-13-29-19(14-25-10-8-18(27)9-11-25)21(26)17-6-4-3-5-7-17/h3-7,15,18-19,21,27H,8-14H2,1-2H3/t19-,21-/m0/s1. The van der Waals surface area contributed by atoms with Crippen LogP contribution in [0.4, 0.5) is 0 Å². The number of carbonyl (C=O) groups is 1. The third kappa shape index (κ3) is 4.22. The molecular weight excluding hydrogens is 368 g/mol. The van der Waals surface area contributed by atoms with E-state index in [9.17, 15) is 9.90 Å². The zero-order valence-corrected chi connectivity index (χ0v) is 17.2. The number of aryl methyl sites for hydroxylation is 2. The summed E-state index contributed by atoms with van der Waals surface area (Å²) in [6.45, 7) is 5.42. The van der Waals surface area contributed by atoms with Gasteiger partial charge in [0.25, 0.3) is 5.91 Å². The third-order valence-corrected chi connectivity index (χ3v) is 6.07. The van der Waals surface area contributed by atoms with Gasteiger partial charge in [0.2, 0.25) is 0 Å². The van der Waals surface area contributed by atoms with Crippen molar-refractivity contribution in [2.24, 2.45) is 7.05 Å². The molecule has 7 nitrogen and oxygen atoms in total. The fraction of sp³-hybridized carbons (Fsp3) is 0.545. The molecule has 3 heterocycles. The number of aliphatic hydroxyl groups excluding tert-OH is 1. The predicted octanol–water partition coefficient (Wildman–Crippen LogP) is 1.77. The van der Waals surface area contributed by atoms with E-state index in [-0.39, 0.29) is 24.2 Å². The Morgan fingerprint density at radius 3 is 2.59 bits per heavy atom. The Bertz CT molecular complexity index is 810. The normalized spacial score (nSPS) is 24.0. The summed E-state index contributed by atoms with van der Waals surface area (Å²) in [7, 11) is 1.86. The van der Waals surface area contributed by atoms with Crippen LogP contribution in [0, 0.1) is 6.92 Å². The van der Waals surface area contributed by atoms with E-state index in [0.717, 1.165) is 43.7 Å². The maximum atomic E-state index is 13.5. The Hall–Kier alpha value is -2.22. The van der Waals surface area contributed by atoms with Crippen LogP contribution in [-0.4, -0.2) is 75.4 Å². The molecule has 2 atom stereocenters. The van der Waals surface area contributed by atoms with Gasteiger partial charge in [0.1, 0.15) is 5.69 Å². The Morgan fingerprint density at radius 1 is 1.21 bits per heavy atom. The zero-order chi connectivity index (χ0) is 20.4. The fourth-order valence-corrected chi connectivity index (χ4v) is 4.50. The second-order valence-corrected chi connectivity index (χ2v) is 8.08. The van der Waals surface area contributed by atoms with Crippen molar-refractivity contribution in [2.75, 3.05) is 32.8 Å². The van der Waals surface area contributed by atoms with Crippen LogP contribution in [-0.2, 0) is 11.8 Å². The van der Waals surface area contributed by atoms with E-state index in [2.05, 4.69) is 22.0 Å². The topological polar surface area (TPSA) is 70.8 Å². The van der Waals surface area contributed by atoms with E-state index in [4.69, 9.17) is 4.74 Å². The second kappa shape index (κ2) is 8.65. The summed E-state index contributed by atoms with van der Waals surface area (Å²) in [5, 5.41) is 9.82. The lowest BCUT2D eigenvalue weighted by Crippen LogP contribution is -2.53. The summed E-state index contributed by atoms with van der Waals surface area (Å²) in [6.07, 6.45) is 2.96. The number of hydrogen-bond donors (Lipinski definition) is 1. The number of ether oxygens (including phenoxy) is 1. The molecule has 0 aliphatic carbocycles. The molecule has 29 heavy (non-hydrogen) atoms. The van der Waals surface area contributed by atoms with E-state index >= 15 is 0 Å². The highest BCUT2D eigenvalue weighted by molar-refractivity contribution is 5.94. The molecule has 0 spiro atoms. The van der Waals surface area contributed by atoms with Gasteiger partial charge in [-0.05, 0) is 25.3 Å². The van der Waals surface area contributed by atoms with Gasteiger partial charge in [0.05, 0.1) is 36.9 Å². The number of benzene rings is 1. The fourth-order valence-electron chi connectivity index (χ4n) is 4.50. The van der Waals surface area contributed by atoms with E-state index in [1.54, 1.807) is 10.9 Å². The predicted molar refractivity (Wildman–Crippen MR) is 110 cm³/mol. The Kier molecular flexibility index (Phi) is 5.99. The van der Waals surface area contributed by atoms with Crippen molar-refractivity contribution in [1.82, 2.24) is 19.4 Å². The molecule has 2 fully saturated rings. The number of rotatable bonds is 4. The molecule has 2 aromatic rings. The minimum atomic E-state index is -0.200. The second-order valence-electron chi connectivity index (χ2n) is 8.08. The van der Waals surface area contributed by atoms with E-state index < -0.39 is 0 Å². The van der Waals surface area contributed by atoms with Gasteiger partial charge in [-0.15, -0.1) is 0 Å². The molecule has 0 bridgehead atoms. The number of aliphatic hydroxyl groups is 1. The quantitative estimate of drug-likeness (QED) is 0.850. The Labute approximate surface area is 171 Å². The summed E-state index contributed by atoms with van der Waals surface area (Å²) in [6, 6.07) is 10.0. The van der Waals surface area contributed by atoms with Gasteiger partial charge in [-0.1, -0.05) is 30.3 Å². The number of aromatic nitrogens is 2. The first-order valence-corrected chi connectivity index (χ1v) is 10.4. The number of carbonyl (C=O) groups excluding carboxylic acids is 1. The summed E-state index contributed by atoms with van der Waals surface area (Å²) >= 11 is 0. The van der Waals surface area contributed by atoms with E-state index in [0.29, 0.717) is 18.8 Å². The van der Waals surface area contributed by atoms with Crippen molar-refractivity contribution in [3.05, 3.63) is 53.6 Å². The number of piperidine rings is 1. The zero-order valence-electron chi connectivity index (χ0n) is 17.2. The van der Waals surface area contributed by atoms with Crippen LogP contribution in [0.5, 0.6) is 0 Å². The van der Waals surface area contributed by atoms with Crippen molar-refractivity contribution in [3.8, 4) is 0 Å². The molecule has 1 amide bonds. The molecule has 7 heteroatoms. The molecule has 2 saturated heterocycles. The third-order valence-electron chi connectivity index (χ3n) is 6.07. The Balaban J connectivity index is 1.62. The van der Waals surface area contributed by atoms with Crippen LogP contribution in [0.15, 0.2) is 36.7 Å². The lowest BCUT2D eigenvalue weighted by atomic mass is 9.96. The lowest BCUT2D eigenvalue weighted by Gasteiger charge is -2.44. The average Bonchev–Trinajstić information content (AvgIpc) is 3.08. The van der Waals surface area contributed by atoms with Crippen molar-refractivity contribution < 1.29 is 14.6 Å². The van der Waals surface area contributed by atoms with Crippen LogP contribution < -0.4 is 0 Å². The highest BCUT2D eigenvalue weighted by Crippen LogP contribution is 2.32. The first-order valence-electron chi connectivity index (χ1n) is 10.4. The van der Waals surface area contributed by atoms with Crippen molar-refractivity contribution >= 4 is 5.91 Å². The van der Waals surface area contributed by atoms with Gasteiger partial charge in [-0.3, -0.25) is 4.79 Å². The van der Waals surface area contributed by atoms with Crippen molar-refractivity contribution in [2.45, 2.75) is 38.0 Å².